The molecular weight excluding hydrogens is 1100 g/mol. The summed E-state index contributed by atoms with van der Waals surface area (Å²) < 4.78 is 40.5. The maximum Gasteiger partial charge on any atom is 0.300 e. The van der Waals surface area contributed by atoms with E-state index < -0.39 is 11.9 Å². The van der Waals surface area contributed by atoms with Crippen LogP contribution in [-0.4, -0.2) is 165 Å². The fraction of sp³-hybridized carbons (Fsp3) is 0.547. The van der Waals surface area contributed by atoms with E-state index in [9.17, 15) is 10.2 Å². The number of aliphatic carboxylic acids is 2. The number of nitrogens with zero attached hydrogens (tertiary/aromatic N) is 5. The second kappa shape index (κ2) is 38.2. The van der Waals surface area contributed by atoms with Gasteiger partial charge >= 0.3 is 0 Å². The van der Waals surface area contributed by atoms with Crippen LogP contribution in [0.25, 0.3) is 44.4 Å². The number of carboxylic acid groups (broad SMARTS) is 2. The molecule has 0 spiro atoms. The summed E-state index contributed by atoms with van der Waals surface area (Å²) in [5.41, 5.74) is 17.8. The zero-order valence-corrected chi connectivity index (χ0v) is 46.4. The summed E-state index contributed by atoms with van der Waals surface area (Å²) in [6, 6.07) is 7.79. The smallest absolute Gasteiger partial charge is 0.300 e. The normalized spacial score (nSPS) is 11.8. The van der Waals surface area contributed by atoms with Gasteiger partial charge in [-0.05, 0) is 74.7 Å². The molecule has 2 aromatic heterocycles. The molecule has 3 aromatic rings. The molecule has 1 aromatic carbocycles. The average molecular weight is 1180 g/mol. The fourth-order valence-electron chi connectivity index (χ4n) is 7.56. The fourth-order valence-corrected chi connectivity index (χ4v) is 7.56. The second-order valence-electron chi connectivity index (χ2n) is 16.5. The van der Waals surface area contributed by atoms with Crippen LogP contribution < -0.4 is 25.5 Å². The number of hydrogen-bond donors (Lipinski definition) is 6. The molecule has 0 fully saturated rings. The first-order valence-electron chi connectivity index (χ1n) is 24.9. The van der Waals surface area contributed by atoms with E-state index in [2.05, 4.69) is 31.3 Å². The van der Waals surface area contributed by atoms with E-state index in [1.165, 1.54) is 11.1 Å². The topological polar surface area (TPSA) is 283 Å². The molecule has 0 atom stereocenters. The molecule has 0 saturated heterocycles. The summed E-state index contributed by atoms with van der Waals surface area (Å²) in [5.74, 6) is -0.745. The number of aryl methyl sites for hydroxylation is 2. The van der Waals surface area contributed by atoms with Gasteiger partial charge in [-0.2, -0.15) is 0 Å². The summed E-state index contributed by atoms with van der Waals surface area (Å²) in [6.45, 7) is 17.2. The van der Waals surface area contributed by atoms with Crippen molar-refractivity contribution >= 4 is 56.3 Å². The standard InChI is InChI=1S/C49H70N7O9.2C2H4O2.Gd/c1-6-36-37(7-2)41-29-43-39(11-9-16-58)35(4)47(56-43)33-53-45-31-49(65-27-25-63-23-22-61-19-18-59-5)48(64-26-24-62-21-20-60-17-14-51-13-12-50)30-44(45)52-32-46-34(3)38(10-8-15-57)42(55-46)28-40(36)54-41;2*1-2(3)4;/h28-33,51,57-58H,6-27,50H2,1-5H3;2*1H3,(H,3,4);/q-1;;;. The van der Waals surface area contributed by atoms with Crippen molar-refractivity contribution in [3.05, 3.63) is 70.6 Å². The van der Waals surface area contributed by atoms with Crippen molar-refractivity contribution in [1.29, 1.82) is 0 Å². The maximum atomic E-state index is 9.86. The van der Waals surface area contributed by atoms with E-state index in [1.54, 1.807) is 19.5 Å². The minimum atomic E-state index is -0.833. The van der Waals surface area contributed by atoms with Crippen molar-refractivity contribution in [2.24, 2.45) is 5.73 Å². The number of carbonyl (C=O) groups is 2. The summed E-state index contributed by atoms with van der Waals surface area (Å²) in [5, 5.41) is 37.8. The molecule has 74 heavy (non-hydrogen) atoms. The summed E-state index contributed by atoms with van der Waals surface area (Å²) >= 11 is 0. The van der Waals surface area contributed by atoms with Crippen LogP contribution in [0.1, 0.15) is 101 Å². The zero-order chi connectivity index (χ0) is 53.4. The van der Waals surface area contributed by atoms with Crippen LogP contribution in [0.15, 0.2) is 36.7 Å². The molecule has 2 aliphatic heterocycles. The summed E-state index contributed by atoms with van der Waals surface area (Å²) in [7, 11) is 1.64. The number of rotatable bonds is 30. The zero-order valence-electron chi connectivity index (χ0n) is 44.2. The van der Waals surface area contributed by atoms with Gasteiger partial charge < -0.3 is 69.6 Å². The van der Waals surface area contributed by atoms with Crippen LogP contribution in [-0.2, 0) is 46.1 Å². The van der Waals surface area contributed by atoms with E-state index >= 15 is 0 Å². The van der Waals surface area contributed by atoms with Gasteiger partial charge in [0.2, 0.25) is 0 Å². The SMILES string of the molecule is CC(=O)O.CC(=O)O.CCc1c(CC)c2cc3nc(cnc4cc(OCCOCCOCCOC)c(OCCOCCOCCNCCN)cc4ncc4nc(cc1[n-]2)C(CCCO)=C4C)C(C)=C3CCCO.[Gd]. The van der Waals surface area contributed by atoms with E-state index in [4.69, 9.17) is 83.6 Å². The molecule has 20 nitrogen and oxygen atoms in total. The number of aromatic nitrogens is 5. The third-order valence-electron chi connectivity index (χ3n) is 11.0. The number of fused-ring (bicyclic) bond motifs is 7. The van der Waals surface area contributed by atoms with Crippen molar-refractivity contribution in [2.45, 2.75) is 80.1 Å². The number of nitrogens with one attached hydrogen (secondary N) is 1. The predicted molar refractivity (Wildman–Crippen MR) is 281 cm³/mol. The van der Waals surface area contributed by atoms with Crippen LogP contribution in [0.2, 0.25) is 0 Å². The summed E-state index contributed by atoms with van der Waals surface area (Å²) in [4.78, 5) is 43.5. The molecule has 0 aliphatic carbocycles. The van der Waals surface area contributed by atoms with Gasteiger partial charge in [-0.15, -0.1) is 11.0 Å². The first-order chi connectivity index (χ1) is 35.3. The molecule has 7 N–H and O–H groups in total. The summed E-state index contributed by atoms with van der Waals surface area (Å²) in [6.07, 6.45) is 7.61. The van der Waals surface area contributed by atoms with Gasteiger partial charge in [-0.3, -0.25) is 19.6 Å². The minimum Gasteiger partial charge on any atom is -0.657 e. The molecular formula is C53H78GdN7O13-. The molecule has 21 heteroatoms. The van der Waals surface area contributed by atoms with E-state index in [0.29, 0.717) is 126 Å². The average Bonchev–Trinajstić information content (AvgIpc) is 3.96. The maximum absolute atomic E-state index is 9.86. The number of methoxy groups -OCH3 is 1. The third kappa shape index (κ3) is 23.3. The van der Waals surface area contributed by atoms with Crippen LogP contribution in [0.3, 0.4) is 0 Å². The monoisotopic (exact) mass is 1180 g/mol. The molecule has 4 heterocycles. The number of allylic oxidation sites excluding steroid dienone is 4. The Balaban J connectivity index is 0.00000194. The van der Waals surface area contributed by atoms with Crippen molar-refractivity contribution in [3.8, 4) is 11.5 Å². The number of ether oxygens (including phenoxy) is 7. The molecule has 0 saturated carbocycles. The molecule has 0 amide bonds. The van der Waals surface area contributed by atoms with Gasteiger partial charge in [0, 0.05) is 106 Å². The number of benzene rings is 1. The molecule has 5 rings (SSSR count). The van der Waals surface area contributed by atoms with Crippen molar-refractivity contribution in [2.75, 3.05) is 113 Å². The van der Waals surface area contributed by atoms with Crippen LogP contribution in [0, 0.1) is 39.9 Å². The predicted octanol–water partition coefficient (Wildman–Crippen LogP) is 5.70. The number of carboxylic acids is 2. The first kappa shape index (κ1) is 65.8. The van der Waals surface area contributed by atoms with Gasteiger partial charge in [-0.1, -0.05) is 37.1 Å². The van der Waals surface area contributed by atoms with E-state index in [1.807, 2.05) is 26.0 Å². The van der Waals surface area contributed by atoms with Gasteiger partial charge in [0.1, 0.15) is 13.2 Å². The largest absolute Gasteiger partial charge is 0.657 e. The van der Waals surface area contributed by atoms with E-state index in [-0.39, 0.29) is 66.4 Å². The quantitative estimate of drug-likeness (QED) is 0.0437. The number of hydrogen-bond acceptors (Lipinski definition) is 17. The van der Waals surface area contributed by atoms with Crippen LogP contribution >= 0.6 is 0 Å². The molecule has 0 radical (unpaired) electrons. The number of aliphatic hydroxyl groups is 2. The van der Waals surface area contributed by atoms with Crippen molar-refractivity contribution in [3.63, 3.8) is 0 Å². The Morgan fingerprint density at radius 3 is 1.38 bits per heavy atom. The Hall–Kier alpha value is -4.36. The Bertz CT molecular complexity index is 2430. The van der Waals surface area contributed by atoms with Crippen LogP contribution in [0.5, 0.6) is 11.5 Å². The Kier molecular flexibility index (Phi) is 34.0. The van der Waals surface area contributed by atoms with Gasteiger partial charge in [0.05, 0.1) is 106 Å². The Labute approximate surface area is 467 Å². The molecule has 412 valence electrons. The number of nitrogens with two attached hydrogens (primary N) is 1. The van der Waals surface area contributed by atoms with Gasteiger partial charge in [0.25, 0.3) is 11.9 Å². The van der Waals surface area contributed by atoms with Crippen LogP contribution in [0.4, 0.5) is 0 Å². The van der Waals surface area contributed by atoms with Gasteiger partial charge in [-0.25, -0.2) is 9.97 Å². The Morgan fingerprint density at radius 1 is 0.608 bits per heavy atom. The second-order valence-corrected chi connectivity index (χ2v) is 16.5. The Morgan fingerprint density at radius 2 is 1.00 bits per heavy atom. The van der Waals surface area contributed by atoms with Crippen molar-refractivity contribution < 1.29 is 103 Å². The third-order valence-corrected chi connectivity index (χ3v) is 11.0. The molecule has 0 unspecified atom stereocenters. The molecule has 6 bridgehead atoms. The minimum absolute atomic E-state index is 0. The molecule has 2 aliphatic rings. The van der Waals surface area contributed by atoms with Crippen molar-refractivity contribution in [1.82, 2.24) is 30.2 Å². The number of aliphatic hydroxyl groups excluding tert-OH is 2. The first-order valence-corrected chi connectivity index (χ1v) is 24.9. The van der Waals surface area contributed by atoms with E-state index in [0.717, 1.165) is 84.5 Å². The van der Waals surface area contributed by atoms with Gasteiger partial charge in [0.15, 0.2) is 11.5 Å².